The Labute approximate surface area is 128 Å². The van der Waals surface area contributed by atoms with E-state index in [0.717, 1.165) is 40.9 Å². The smallest absolute Gasteiger partial charge is 0.175 e. The summed E-state index contributed by atoms with van der Waals surface area (Å²) in [6, 6.07) is 5.05. The summed E-state index contributed by atoms with van der Waals surface area (Å²) in [5.74, 6) is 0.667. The highest BCUT2D eigenvalue weighted by Crippen LogP contribution is 2.30. The van der Waals surface area contributed by atoms with Gasteiger partial charge in [0.2, 0.25) is 0 Å². The van der Waals surface area contributed by atoms with Gasteiger partial charge in [-0.15, -0.1) is 5.10 Å². The Morgan fingerprint density at radius 1 is 1.23 bits per heavy atom. The van der Waals surface area contributed by atoms with Crippen molar-refractivity contribution in [2.24, 2.45) is 0 Å². The number of nitrogens with one attached hydrogen (secondary N) is 1. The third-order valence-electron chi connectivity index (χ3n) is 4.59. The Hall–Kier alpha value is -2.43. The molecular formula is C17H17FN4. The molecule has 1 N–H and O–H groups in total. The number of hydrogen-bond acceptors (Lipinski definition) is 3. The van der Waals surface area contributed by atoms with Gasteiger partial charge in [-0.3, -0.25) is 0 Å². The molecule has 0 spiro atoms. The van der Waals surface area contributed by atoms with Crippen LogP contribution in [0.3, 0.4) is 0 Å². The first-order valence-corrected chi connectivity index (χ1v) is 7.46. The topological polar surface area (TPSA) is 44.8 Å². The second-order valence-corrected chi connectivity index (χ2v) is 5.92. The summed E-state index contributed by atoms with van der Waals surface area (Å²) in [6.07, 6.45) is 2.70. The van der Waals surface area contributed by atoms with Crippen molar-refractivity contribution in [3.05, 3.63) is 52.6 Å². The van der Waals surface area contributed by atoms with Crippen molar-refractivity contribution in [3.63, 3.8) is 0 Å². The molecule has 0 atom stereocenters. The van der Waals surface area contributed by atoms with E-state index in [1.54, 1.807) is 12.3 Å². The minimum atomic E-state index is -0.184. The fraction of sp³-hybridized carbons (Fsp3) is 0.294. The summed E-state index contributed by atoms with van der Waals surface area (Å²) in [5.41, 5.74) is 5.61. The normalized spacial score (nSPS) is 14.4. The van der Waals surface area contributed by atoms with Crippen LogP contribution >= 0.6 is 0 Å². The highest BCUT2D eigenvalue weighted by Gasteiger charge is 2.21. The van der Waals surface area contributed by atoms with E-state index in [9.17, 15) is 4.39 Å². The summed E-state index contributed by atoms with van der Waals surface area (Å²) in [5, 5.41) is 9.59. The molecule has 0 amide bonds. The van der Waals surface area contributed by atoms with Crippen LogP contribution in [0.2, 0.25) is 0 Å². The molecule has 3 heterocycles. The Morgan fingerprint density at radius 2 is 2.09 bits per heavy atom. The van der Waals surface area contributed by atoms with E-state index in [-0.39, 0.29) is 5.82 Å². The minimum Gasteiger partial charge on any atom is -0.355 e. The van der Waals surface area contributed by atoms with Crippen LogP contribution in [0, 0.1) is 19.7 Å². The SMILES string of the molecule is Cc1[nH]c2c(N3CCc4ccc(F)cc4C3)nncc2c1C. The first-order valence-electron chi connectivity index (χ1n) is 7.46. The van der Waals surface area contributed by atoms with Crippen LogP contribution in [-0.4, -0.2) is 21.7 Å². The number of aromatic amines is 1. The second-order valence-electron chi connectivity index (χ2n) is 5.92. The predicted octanol–water partition coefficient (Wildman–Crippen LogP) is 3.28. The van der Waals surface area contributed by atoms with Crippen LogP contribution in [0.25, 0.3) is 10.9 Å². The lowest BCUT2D eigenvalue weighted by Gasteiger charge is -2.29. The van der Waals surface area contributed by atoms with Crippen LogP contribution in [0.1, 0.15) is 22.4 Å². The number of nitrogens with zero attached hydrogens (tertiary/aromatic N) is 3. The third kappa shape index (κ3) is 1.96. The number of anilines is 1. The molecule has 22 heavy (non-hydrogen) atoms. The van der Waals surface area contributed by atoms with Crippen molar-refractivity contribution >= 4 is 16.7 Å². The molecule has 0 fully saturated rings. The number of H-pyrrole nitrogens is 1. The number of aromatic nitrogens is 3. The molecule has 0 saturated carbocycles. The number of rotatable bonds is 1. The van der Waals surface area contributed by atoms with Crippen molar-refractivity contribution in [1.29, 1.82) is 0 Å². The average Bonchev–Trinajstić information content (AvgIpc) is 2.81. The molecule has 0 unspecified atom stereocenters. The highest BCUT2D eigenvalue weighted by atomic mass is 19.1. The van der Waals surface area contributed by atoms with Crippen LogP contribution in [-0.2, 0) is 13.0 Å². The number of benzene rings is 1. The zero-order chi connectivity index (χ0) is 15.3. The minimum absolute atomic E-state index is 0.184. The molecule has 1 aliphatic heterocycles. The van der Waals surface area contributed by atoms with E-state index in [2.05, 4.69) is 33.9 Å². The Bertz CT molecular complexity index is 868. The molecule has 1 aliphatic rings. The Kier molecular flexibility index (Phi) is 2.89. The standard InChI is InChI=1S/C17H17FN4/c1-10-11(2)20-16-15(10)8-19-21-17(16)22-6-5-12-3-4-14(18)7-13(12)9-22/h3-4,7-8,20H,5-6,9H2,1-2H3. The van der Waals surface area contributed by atoms with Gasteiger partial charge in [0.05, 0.1) is 11.7 Å². The summed E-state index contributed by atoms with van der Waals surface area (Å²) >= 11 is 0. The molecule has 0 radical (unpaired) electrons. The third-order valence-corrected chi connectivity index (χ3v) is 4.59. The fourth-order valence-corrected chi connectivity index (χ4v) is 3.19. The highest BCUT2D eigenvalue weighted by molar-refractivity contribution is 5.91. The van der Waals surface area contributed by atoms with Crippen molar-refractivity contribution in [2.45, 2.75) is 26.8 Å². The van der Waals surface area contributed by atoms with Gasteiger partial charge < -0.3 is 9.88 Å². The Morgan fingerprint density at radius 3 is 2.95 bits per heavy atom. The number of fused-ring (bicyclic) bond motifs is 2. The van der Waals surface area contributed by atoms with Crippen molar-refractivity contribution in [1.82, 2.24) is 15.2 Å². The molecule has 1 aromatic carbocycles. The summed E-state index contributed by atoms with van der Waals surface area (Å²) in [6.45, 7) is 5.67. The van der Waals surface area contributed by atoms with Gasteiger partial charge in [0.15, 0.2) is 5.82 Å². The summed E-state index contributed by atoms with van der Waals surface area (Å²) in [7, 11) is 0. The van der Waals surface area contributed by atoms with Gasteiger partial charge in [-0.1, -0.05) is 6.07 Å². The molecule has 2 aromatic heterocycles. The molecule has 0 bridgehead atoms. The molecule has 0 aliphatic carbocycles. The van der Waals surface area contributed by atoms with E-state index in [0.29, 0.717) is 6.54 Å². The molecular weight excluding hydrogens is 279 g/mol. The van der Waals surface area contributed by atoms with Gasteiger partial charge in [-0.25, -0.2) is 4.39 Å². The summed E-state index contributed by atoms with van der Waals surface area (Å²) < 4.78 is 13.5. The predicted molar refractivity (Wildman–Crippen MR) is 84.5 cm³/mol. The maximum absolute atomic E-state index is 13.5. The first kappa shape index (κ1) is 13.2. The van der Waals surface area contributed by atoms with Crippen molar-refractivity contribution in [3.8, 4) is 0 Å². The molecule has 3 aromatic rings. The van der Waals surface area contributed by atoms with Gasteiger partial charge >= 0.3 is 0 Å². The quantitative estimate of drug-likeness (QED) is 0.749. The maximum atomic E-state index is 13.5. The van der Waals surface area contributed by atoms with Crippen LogP contribution < -0.4 is 4.90 Å². The van der Waals surface area contributed by atoms with Crippen LogP contribution in [0.4, 0.5) is 10.2 Å². The Balaban J connectivity index is 1.79. The van der Waals surface area contributed by atoms with E-state index < -0.39 is 0 Å². The van der Waals surface area contributed by atoms with E-state index >= 15 is 0 Å². The number of hydrogen-bond donors (Lipinski definition) is 1. The lowest BCUT2D eigenvalue weighted by molar-refractivity contribution is 0.618. The van der Waals surface area contributed by atoms with Crippen LogP contribution in [0.5, 0.6) is 0 Å². The van der Waals surface area contributed by atoms with Crippen LogP contribution in [0.15, 0.2) is 24.4 Å². The maximum Gasteiger partial charge on any atom is 0.175 e. The van der Waals surface area contributed by atoms with Gasteiger partial charge in [-0.2, -0.15) is 5.10 Å². The first-order chi connectivity index (χ1) is 10.6. The number of aryl methyl sites for hydroxylation is 2. The van der Waals surface area contributed by atoms with Gasteiger partial charge in [0, 0.05) is 24.2 Å². The van der Waals surface area contributed by atoms with Crippen molar-refractivity contribution < 1.29 is 4.39 Å². The van der Waals surface area contributed by atoms with E-state index in [1.165, 1.54) is 17.2 Å². The number of halogens is 1. The zero-order valence-electron chi connectivity index (χ0n) is 12.7. The average molecular weight is 296 g/mol. The molecule has 0 saturated heterocycles. The summed E-state index contributed by atoms with van der Waals surface area (Å²) in [4.78, 5) is 5.58. The molecule has 5 heteroatoms. The zero-order valence-corrected chi connectivity index (χ0v) is 12.7. The van der Waals surface area contributed by atoms with Gasteiger partial charge in [0.25, 0.3) is 0 Å². The fourth-order valence-electron chi connectivity index (χ4n) is 3.19. The lowest BCUT2D eigenvalue weighted by atomic mass is 9.99. The largest absolute Gasteiger partial charge is 0.355 e. The van der Waals surface area contributed by atoms with Gasteiger partial charge in [0.1, 0.15) is 5.82 Å². The van der Waals surface area contributed by atoms with E-state index in [1.807, 2.05) is 6.07 Å². The molecule has 4 rings (SSSR count). The lowest BCUT2D eigenvalue weighted by Crippen LogP contribution is -2.31. The molecule has 112 valence electrons. The van der Waals surface area contributed by atoms with E-state index in [4.69, 9.17) is 0 Å². The van der Waals surface area contributed by atoms with Gasteiger partial charge in [-0.05, 0) is 49.1 Å². The van der Waals surface area contributed by atoms with Crippen molar-refractivity contribution in [2.75, 3.05) is 11.4 Å². The monoisotopic (exact) mass is 296 g/mol. The molecule has 4 nitrogen and oxygen atoms in total. The second kappa shape index (κ2) is 4.80.